The Kier molecular flexibility index (Phi) is 3.93. The third-order valence-corrected chi connectivity index (χ3v) is 4.40. The van der Waals surface area contributed by atoms with Gasteiger partial charge in [-0.25, -0.2) is 0 Å². The number of nitrogens with zero attached hydrogens (tertiary/aromatic N) is 2. The van der Waals surface area contributed by atoms with E-state index < -0.39 is 0 Å². The second-order valence-electron chi connectivity index (χ2n) is 5.97. The van der Waals surface area contributed by atoms with Crippen LogP contribution < -0.4 is 5.32 Å². The molecule has 128 valence electrons. The molecule has 6 heteroatoms. The zero-order valence-electron chi connectivity index (χ0n) is 13.8. The van der Waals surface area contributed by atoms with E-state index >= 15 is 0 Å². The fourth-order valence-electron chi connectivity index (χ4n) is 3.16. The first-order chi connectivity index (χ1) is 12.7. The zero-order valence-corrected chi connectivity index (χ0v) is 13.8. The first kappa shape index (κ1) is 16.0. The van der Waals surface area contributed by atoms with E-state index in [9.17, 15) is 14.4 Å². The molecule has 0 saturated heterocycles. The molecule has 0 aliphatic carbocycles. The van der Waals surface area contributed by atoms with E-state index in [1.165, 1.54) is 11.1 Å². The van der Waals surface area contributed by atoms with Crippen LogP contribution in [0, 0.1) is 0 Å². The minimum absolute atomic E-state index is 0.106. The van der Waals surface area contributed by atoms with Crippen LogP contribution in [-0.4, -0.2) is 40.7 Å². The Labute approximate surface area is 149 Å². The molecule has 3 amide bonds. The molecule has 0 atom stereocenters. The number of aromatic nitrogens is 1. The van der Waals surface area contributed by atoms with Crippen LogP contribution in [0.25, 0.3) is 10.8 Å². The number of benzene rings is 2. The molecular weight excluding hydrogens is 330 g/mol. The van der Waals surface area contributed by atoms with Gasteiger partial charge in [0.15, 0.2) is 0 Å². The average molecular weight is 345 g/mol. The first-order valence-electron chi connectivity index (χ1n) is 8.23. The molecule has 1 aromatic heterocycles. The molecule has 0 unspecified atom stereocenters. The maximum absolute atomic E-state index is 12.7. The minimum atomic E-state index is -0.338. The molecule has 3 aromatic rings. The molecule has 2 heterocycles. The Morgan fingerprint density at radius 2 is 1.65 bits per heavy atom. The predicted molar refractivity (Wildman–Crippen MR) is 95.9 cm³/mol. The maximum atomic E-state index is 12.7. The lowest BCUT2D eigenvalue weighted by Gasteiger charge is -2.27. The third-order valence-electron chi connectivity index (χ3n) is 4.40. The number of nitrogens with one attached hydrogen (secondary N) is 1. The van der Waals surface area contributed by atoms with E-state index in [2.05, 4.69) is 10.3 Å². The lowest BCUT2D eigenvalue weighted by Crippen LogP contribution is -2.44. The summed E-state index contributed by atoms with van der Waals surface area (Å²) in [6, 6.07) is 14.1. The monoisotopic (exact) mass is 345 g/mol. The highest BCUT2D eigenvalue weighted by Crippen LogP contribution is 2.29. The van der Waals surface area contributed by atoms with Crippen molar-refractivity contribution >= 4 is 28.5 Å². The maximum Gasteiger partial charge on any atom is 0.261 e. The summed E-state index contributed by atoms with van der Waals surface area (Å²) in [5.74, 6) is -0.970. The molecule has 0 radical (unpaired) electrons. The molecule has 26 heavy (non-hydrogen) atoms. The zero-order chi connectivity index (χ0) is 18.1. The minimum Gasteiger partial charge on any atom is -0.350 e. The van der Waals surface area contributed by atoms with Crippen molar-refractivity contribution in [1.29, 1.82) is 0 Å². The number of imide groups is 1. The van der Waals surface area contributed by atoms with E-state index in [-0.39, 0.29) is 30.8 Å². The number of hydrogen-bond acceptors (Lipinski definition) is 4. The fourth-order valence-corrected chi connectivity index (χ4v) is 3.16. The summed E-state index contributed by atoms with van der Waals surface area (Å²) < 4.78 is 0. The van der Waals surface area contributed by atoms with Gasteiger partial charge in [0.2, 0.25) is 0 Å². The summed E-state index contributed by atoms with van der Waals surface area (Å²) in [7, 11) is 0. The molecular formula is C20H15N3O3. The van der Waals surface area contributed by atoms with Gasteiger partial charge >= 0.3 is 0 Å². The van der Waals surface area contributed by atoms with Gasteiger partial charge in [-0.1, -0.05) is 24.3 Å². The number of amides is 3. The molecule has 0 fully saturated rings. The molecule has 4 rings (SSSR count). The number of pyridine rings is 1. The van der Waals surface area contributed by atoms with Crippen LogP contribution in [0.2, 0.25) is 0 Å². The van der Waals surface area contributed by atoms with Crippen molar-refractivity contribution in [2.24, 2.45) is 0 Å². The van der Waals surface area contributed by atoms with Crippen LogP contribution in [-0.2, 0) is 0 Å². The van der Waals surface area contributed by atoms with Crippen molar-refractivity contribution in [1.82, 2.24) is 15.2 Å². The molecule has 0 spiro atoms. The van der Waals surface area contributed by atoms with Gasteiger partial charge in [-0.15, -0.1) is 0 Å². The van der Waals surface area contributed by atoms with Gasteiger partial charge < -0.3 is 5.32 Å². The molecule has 6 nitrogen and oxygen atoms in total. The van der Waals surface area contributed by atoms with Crippen molar-refractivity contribution in [3.8, 4) is 0 Å². The Hall–Kier alpha value is -3.54. The number of carbonyl (C=O) groups excluding carboxylic acids is 3. The van der Waals surface area contributed by atoms with E-state index in [4.69, 9.17) is 0 Å². The largest absolute Gasteiger partial charge is 0.350 e. The van der Waals surface area contributed by atoms with Crippen LogP contribution in [0.15, 0.2) is 60.9 Å². The third kappa shape index (κ3) is 2.61. The summed E-state index contributed by atoms with van der Waals surface area (Å²) in [5, 5.41) is 4.27. The summed E-state index contributed by atoms with van der Waals surface area (Å²) in [6.07, 6.45) is 3.05. The van der Waals surface area contributed by atoms with Gasteiger partial charge in [0, 0.05) is 42.0 Å². The van der Waals surface area contributed by atoms with Gasteiger partial charge in [-0.05, 0) is 29.7 Å². The van der Waals surface area contributed by atoms with Crippen molar-refractivity contribution in [3.05, 3.63) is 77.6 Å². The van der Waals surface area contributed by atoms with E-state index in [1.807, 2.05) is 12.1 Å². The van der Waals surface area contributed by atoms with Crippen LogP contribution in [0.4, 0.5) is 0 Å². The highest BCUT2D eigenvalue weighted by Gasteiger charge is 2.32. The van der Waals surface area contributed by atoms with Crippen molar-refractivity contribution < 1.29 is 14.4 Å². The summed E-state index contributed by atoms with van der Waals surface area (Å²) in [4.78, 5) is 42.6. The predicted octanol–water partition coefficient (Wildman–Crippen LogP) is 2.26. The standard InChI is InChI=1S/C20H15N3O3/c24-18(14-6-3-9-21-12-14)22-10-11-23-19(25)15-7-1-4-13-5-2-8-16(17(13)15)20(23)26/h1-9,12H,10-11H2,(H,22,24). The van der Waals surface area contributed by atoms with Gasteiger partial charge in [0.05, 0.1) is 5.56 Å². The first-order valence-corrected chi connectivity index (χ1v) is 8.23. The average Bonchev–Trinajstić information content (AvgIpc) is 2.69. The number of carbonyl (C=O) groups is 3. The highest BCUT2D eigenvalue weighted by molar-refractivity contribution is 6.25. The smallest absolute Gasteiger partial charge is 0.261 e. The highest BCUT2D eigenvalue weighted by atomic mass is 16.2. The Morgan fingerprint density at radius 3 is 2.27 bits per heavy atom. The molecule has 0 bridgehead atoms. The van der Waals surface area contributed by atoms with Crippen LogP contribution in [0.5, 0.6) is 0 Å². The normalized spacial score (nSPS) is 13.2. The Bertz CT molecular complexity index is 980. The van der Waals surface area contributed by atoms with Crippen LogP contribution in [0.1, 0.15) is 31.1 Å². The lowest BCUT2D eigenvalue weighted by atomic mass is 9.94. The van der Waals surface area contributed by atoms with Gasteiger partial charge in [-0.2, -0.15) is 0 Å². The van der Waals surface area contributed by atoms with E-state index in [0.717, 1.165) is 5.39 Å². The van der Waals surface area contributed by atoms with Gasteiger partial charge in [0.25, 0.3) is 17.7 Å². The summed E-state index contributed by atoms with van der Waals surface area (Å²) in [6.45, 7) is 0.276. The second-order valence-corrected chi connectivity index (χ2v) is 5.97. The molecule has 1 aliphatic heterocycles. The SMILES string of the molecule is O=C(NCCN1C(=O)c2cccc3cccc(c23)C1=O)c1cccnc1. The van der Waals surface area contributed by atoms with Crippen LogP contribution >= 0.6 is 0 Å². The Balaban J connectivity index is 1.53. The second kappa shape index (κ2) is 6.40. The molecule has 1 N–H and O–H groups in total. The quantitative estimate of drug-likeness (QED) is 0.736. The van der Waals surface area contributed by atoms with E-state index in [1.54, 1.807) is 42.6 Å². The van der Waals surface area contributed by atoms with E-state index in [0.29, 0.717) is 22.1 Å². The number of rotatable bonds is 4. The van der Waals surface area contributed by atoms with Crippen LogP contribution in [0.3, 0.4) is 0 Å². The molecule has 0 saturated carbocycles. The fraction of sp³-hybridized carbons (Fsp3) is 0.100. The van der Waals surface area contributed by atoms with Crippen molar-refractivity contribution in [2.75, 3.05) is 13.1 Å². The summed E-state index contributed by atoms with van der Waals surface area (Å²) >= 11 is 0. The van der Waals surface area contributed by atoms with Gasteiger partial charge in [-0.3, -0.25) is 24.3 Å². The molecule has 1 aliphatic rings. The Morgan fingerprint density at radius 1 is 0.962 bits per heavy atom. The van der Waals surface area contributed by atoms with Crippen molar-refractivity contribution in [2.45, 2.75) is 0 Å². The summed E-state index contributed by atoms with van der Waals surface area (Å²) in [5.41, 5.74) is 1.45. The van der Waals surface area contributed by atoms with Crippen molar-refractivity contribution in [3.63, 3.8) is 0 Å². The van der Waals surface area contributed by atoms with Gasteiger partial charge in [0.1, 0.15) is 0 Å². The lowest BCUT2D eigenvalue weighted by molar-refractivity contribution is 0.0607. The molecule has 2 aromatic carbocycles. The number of hydrogen-bond donors (Lipinski definition) is 1. The topological polar surface area (TPSA) is 79.4 Å².